The molecule has 6 heteroatoms. The standard InChI is InChI=1S/C18H21N3O3/c1-13(18(23)21-14-6-4-3-5-7-14)19-15-8-10-16(11-9-15)20-17(22)12-24-2/h3-11,13,19H,12H2,1-2H3,(H,20,22)(H,21,23)/t13-/m0/s1. The van der Waals surface area contributed by atoms with Gasteiger partial charge in [0.25, 0.3) is 0 Å². The second kappa shape index (κ2) is 8.69. The topological polar surface area (TPSA) is 79.5 Å². The third kappa shape index (κ3) is 5.40. The summed E-state index contributed by atoms with van der Waals surface area (Å²) in [5.41, 5.74) is 2.21. The first-order valence-electron chi connectivity index (χ1n) is 7.60. The molecule has 0 unspecified atom stereocenters. The van der Waals surface area contributed by atoms with E-state index >= 15 is 0 Å². The summed E-state index contributed by atoms with van der Waals surface area (Å²) < 4.78 is 4.76. The Labute approximate surface area is 141 Å². The van der Waals surface area contributed by atoms with Crippen LogP contribution in [0.25, 0.3) is 0 Å². The number of hydrogen-bond donors (Lipinski definition) is 3. The quantitative estimate of drug-likeness (QED) is 0.730. The minimum Gasteiger partial charge on any atom is -0.375 e. The SMILES string of the molecule is COCC(=O)Nc1ccc(N[C@@H](C)C(=O)Nc2ccccc2)cc1. The number of para-hydroxylation sites is 1. The fourth-order valence-corrected chi connectivity index (χ4v) is 2.07. The van der Waals surface area contributed by atoms with E-state index in [1.54, 1.807) is 31.2 Å². The van der Waals surface area contributed by atoms with Crippen LogP contribution in [0.3, 0.4) is 0 Å². The first-order chi connectivity index (χ1) is 11.6. The maximum absolute atomic E-state index is 12.2. The highest BCUT2D eigenvalue weighted by Crippen LogP contribution is 2.15. The second-order valence-electron chi connectivity index (χ2n) is 5.28. The molecule has 1 atom stereocenters. The summed E-state index contributed by atoms with van der Waals surface area (Å²) in [6.45, 7) is 1.79. The van der Waals surface area contributed by atoms with Gasteiger partial charge in [-0.1, -0.05) is 18.2 Å². The molecular weight excluding hydrogens is 306 g/mol. The maximum Gasteiger partial charge on any atom is 0.250 e. The second-order valence-corrected chi connectivity index (χ2v) is 5.28. The predicted molar refractivity (Wildman–Crippen MR) is 95.1 cm³/mol. The zero-order chi connectivity index (χ0) is 17.4. The fourth-order valence-electron chi connectivity index (χ4n) is 2.07. The van der Waals surface area contributed by atoms with Gasteiger partial charge in [0.2, 0.25) is 11.8 Å². The summed E-state index contributed by atoms with van der Waals surface area (Å²) in [5.74, 6) is -0.340. The van der Waals surface area contributed by atoms with Gasteiger partial charge in [0.1, 0.15) is 12.6 Å². The molecule has 24 heavy (non-hydrogen) atoms. The molecule has 0 saturated heterocycles. The smallest absolute Gasteiger partial charge is 0.250 e. The molecule has 0 aliphatic rings. The fraction of sp³-hybridized carbons (Fsp3) is 0.222. The third-order valence-corrected chi connectivity index (χ3v) is 3.26. The van der Waals surface area contributed by atoms with E-state index in [0.717, 1.165) is 11.4 Å². The summed E-state index contributed by atoms with van der Waals surface area (Å²) in [4.78, 5) is 23.6. The van der Waals surface area contributed by atoms with E-state index in [0.29, 0.717) is 5.69 Å². The highest BCUT2D eigenvalue weighted by molar-refractivity contribution is 5.96. The van der Waals surface area contributed by atoms with E-state index in [-0.39, 0.29) is 18.4 Å². The van der Waals surface area contributed by atoms with E-state index in [1.165, 1.54) is 7.11 Å². The molecule has 2 amide bonds. The van der Waals surface area contributed by atoms with Crippen LogP contribution >= 0.6 is 0 Å². The number of nitrogens with one attached hydrogen (secondary N) is 3. The van der Waals surface area contributed by atoms with Crippen LogP contribution in [0.4, 0.5) is 17.1 Å². The number of amides is 2. The van der Waals surface area contributed by atoms with Crippen molar-refractivity contribution in [1.82, 2.24) is 0 Å². The molecule has 0 radical (unpaired) electrons. The molecule has 0 bridgehead atoms. The Hall–Kier alpha value is -2.86. The lowest BCUT2D eigenvalue weighted by molar-refractivity contribution is -0.119. The van der Waals surface area contributed by atoms with Gasteiger partial charge in [-0.05, 0) is 43.3 Å². The van der Waals surface area contributed by atoms with E-state index in [2.05, 4.69) is 16.0 Å². The van der Waals surface area contributed by atoms with Crippen molar-refractivity contribution in [1.29, 1.82) is 0 Å². The normalized spacial score (nSPS) is 11.4. The van der Waals surface area contributed by atoms with Gasteiger partial charge in [0.05, 0.1) is 0 Å². The first-order valence-corrected chi connectivity index (χ1v) is 7.60. The van der Waals surface area contributed by atoms with Gasteiger partial charge in [-0.2, -0.15) is 0 Å². The number of carbonyl (C=O) groups excluding carboxylic acids is 2. The summed E-state index contributed by atoms with van der Waals surface area (Å²) in [5, 5.41) is 8.67. The van der Waals surface area contributed by atoms with E-state index in [1.807, 2.05) is 30.3 Å². The summed E-state index contributed by atoms with van der Waals surface area (Å²) in [6, 6.07) is 16.0. The molecule has 0 fully saturated rings. The van der Waals surface area contributed by atoms with E-state index < -0.39 is 6.04 Å². The zero-order valence-electron chi connectivity index (χ0n) is 13.7. The number of benzene rings is 2. The first kappa shape index (κ1) is 17.5. The van der Waals surface area contributed by atoms with E-state index in [9.17, 15) is 9.59 Å². The molecule has 3 N–H and O–H groups in total. The van der Waals surface area contributed by atoms with Crippen molar-refractivity contribution >= 4 is 28.9 Å². The number of rotatable bonds is 7. The Bertz CT molecular complexity index is 672. The lowest BCUT2D eigenvalue weighted by Gasteiger charge is -2.15. The third-order valence-electron chi connectivity index (χ3n) is 3.26. The van der Waals surface area contributed by atoms with Crippen LogP contribution in [0.2, 0.25) is 0 Å². The monoisotopic (exact) mass is 327 g/mol. The average Bonchev–Trinajstić information content (AvgIpc) is 2.57. The average molecular weight is 327 g/mol. The van der Waals surface area contributed by atoms with Crippen LogP contribution in [-0.2, 0) is 14.3 Å². The van der Waals surface area contributed by atoms with Crippen molar-refractivity contribution in [3.05, 3.63) is 54.6 Å². The number of hydrogen-bond acceptors (Lipinski definition) is 4. The largest absolute Gasteiger partial charge is 0.375 e. The Balaban J connectivity index is 1.88. The van der Waals surface area contributed by atoms with Gasteiger partial charge in [-0.25, -0.2) is 0 Å². The highest BCUT2D eigenvalue weighted by atomic mass is 16.5. The van der Waals surface area contributed by atoms with Gasteiger partial charge >= 0.3 is 0 Å². The molecule has 2 aromatic rings. The van der Waals surface area contributed by atoms with Crippen LogP contribution in [-0.4, -0.2) is 31.6 Å². The van der Waals surface area contributed by atoms with E-state index in [4.69, 9.17) is 4.74 Å². The van der Waals surface area contributed by atoms with Gasteiger partial charge < -0.3 is 20.7 Å². The Morgan fingerprint density at radius 3 is 2.12 bits per heavy atom. The Morgan fingerprint density at radius 1 is 0.917 bits per heavy atom. The van der Waals surface area contributed by atoms with Crippen molar-refractivity contribution in [3.8, 4) is 0 Å². The minimum absolute atomic E-state index is 0.0106. The molecule has 0 saturated carbocycles. The van der Waals surface area contributed by atoms with Crippen LogP contribution in [0.5, 0.6) is 0 Å². The molecule has 2 aromatic carbocycles. The molecule has 6 nitrogen and oxygen atoms in total. The predicted octanol–water partition coefficient (Wildman–Crippen LogP) is 2.71. The van der Waals surface area contributed by atoms with Gasteiger partial charge in [0.15, 0.2) is 0 Å². The molecule has 0 aliphatic heterocycles. The number of carbonyl (C=O) groups is 2. The molecule has 0 aliphatic carbocycles. The van der Waals surface area contributed by atoms with Crippen LogP contribution in [0, 0.1) is 0 Å². The minimum atomic E-state index is -0.404. The molecule has 126 valence electrons. The van der Waals surface area contributed by atoms with Crippen molar-refractivity contribution in [2.45, 2.75) is 13.0 Å². The van der Waals surface area contributed by atoms with Crippen molar-refractivity contribution < 1.29 is 14.3 Å². The van der Waals surface area contributed by atoms with Crippen molar-refractivity contribution in [3.63, 3.8) is 0 Å². The van der Waals surface area contributed by atoms with Crippen LogP contribution in [0.15, 0.2) is 54.6 Å². The van der Waals surface area contributed by atoms with Crippen LogP contribution in [0.1, 0.15) is 6.92 Å². The molecule has 0 aromatic heterocycles. The molecule has 2 rings (SSSR count). The molecule has 0 heterocycles. The summed E-state index contributed by atoms with van der Waals surface area (Å²) >= 11 is 0. The molecule has 0 spiro atoms. The van der Waals surface area contributed by atoms with Gasteiger partial charge in [-0.15, -0.1) is 0 Å². The van der Waals surface area contributed by atoms with Crippen molar-refractivity contribution in [2.24, 2.45) is 0 Å². The maximum atomic E-state index is 12.2. The summed E-state index contributed by atoms with van der Waals surface area (Å²) in [6.07, 6.45) is 0. The van der Waals surface area contributed by atoms with Gasteiger partial charge in [-0.3, -0.25) is 9.59 Å². The Morgan fingerprint density at radius 2 is 1.50 bits per heavy atom. The number of ether oxygens (including phenoxy) is 1. The highest BCUT2D eigenvalue weighted by Gasteiger charge is 2.12. The number of methoxy groups -OCH3 is 1. The van der Waals surface area contributed by atoms with Crippen molar-refractivity contribution in [2.75, 3.05) is 29.7 Å². The van der Waals surface area contributed by atoms with Gasteiger partial charge in [0, 0.05) is 24.2 Å². The lowest BCUT2D eigenvalue weighted by atomic mass is 10.2. The lowest BCUT2D eigenvalue weighted by Crippen LogP contribution is -2.31. The zero-order valence-corrected chi connectivity index (χ0v) is 13.7. The number of anilines is 3. The molecular formula is C18H21N3O3. The summed E-state index contributed by atoms with van der Waals surface area (Å²) in [7, 11) is 1.47. The van der Waals surface area contributed by atoms with Crippen LogP contribution < -0.4 is 16.0 Å². The Kier molecular flexibility index (Phi) is 6.33.